The number of piperazine rings is 1. The summed E-state index contributed by atoms with van der Waals surface area (Å²) in [5.74, 6) is 1.06. The Morgan fingerprint density at radius 3 is 2.29 bits per heavy atom. The van der Waals surface area contributed by atoms with Crippen molar-refractivity contribution in [3.63, 3.8) is 0 Å². The number of nitrogens with one attached hydrogen (secondary N) is 1. The second-order valence-corrected chi connectivity index (χ2v) is 11.4. The van der Waals surface area contributed by atoms with Crippen molar-refractivity contribution in [3.05, 3.63) is 59.7 Å². The number of carbonyl (C=O) groups is 2. The van der Waals surface area contributed by atoms with Crippen molar-refractivity contribution in [2.45, 2.75) is 69.7 Å². The normalized spacial score (nSPS) is 21.7. The summed E-state index contributed by atoms with van der Waals surface area (Å²) in [6.07, 6.45) is 3.35. The number of rotatable bonds is 9. The van der Waals surface area contributed by atoms with Crippen molar-refractivity contribution < 1.29 is 24.2 Å². The Morgan fingerprint density at radius 2 is 1.69 bits per heavy atom. The molecule has 0 unspecified atom stereocenters. The monoisotopic (exact) mass is 596 g/mol. The minimum Gasteiger partial charge on any atom is -0.457 e. The van der Waals surface area contributed by atoms with Gasteiger partial charge in [-0.2, -0.15) is 5.26 Å². The number of likely N-dealkylation sites (tertiary alicyclic amines) is 1. The second kappa shape index (κ2) is 14.3. The van der Waals surface area contributed by atoms with E-state index in [2.05, 4.69) is 23.2 Å². The zero-order valence-corrected chi connectivity index (χ0v) is 25.0. The van der Waals surface area contributed by atoms with Gasteiger partial charge in [0.1, 0.15) is 23.1 Å². The van der Waals surface area contributed by atoms with Gasteiger partial charge in [-0.05, 0) is 80.0 Å². The van der Waals surface area contributed by atoms with Crippen molar-refractivity contribution in [2.24, 2.45) is 5.92 Å². The summed E-state index contributed by atoms with van der Waals surface area (Å²) in [4.78, 5) is 31.6. The first kappa shape index (κ1) is 31.8. The van der Waals surface area contributed by atoms with Gasteiger partial charge in [0, 0.05) is 39.4 Å². The number of aliphatic hydroxyl groups excluding tert-OH is 1. The summed E-state index contributed by atoms with van der Waals surface area (Å²) in [6.45, 7) is 5.88. The van der Waals surface area contributed by atoms with E-state index < -0.39 is 17.7 Å². The lowest BCUT2D eigenvalue weighted by molar-refractivity contribution is -0.166. The molecular weight excluding hydrogens is 556 g/mol. The third-order valence-electron chi connectivity index (χ3n) is 8.82. The van der Waals surface area contributed by atoms with Crippen molar-refractivity contribution in [3.8, 4) is 17.6 Å². The molecule has 1 spiro atoms. The van der Waals surface area contributed by atoms with Crippen LogP contribution in [-0.2, 0) is 20.9 Å². The van der Waals surface area contributed by atoms with E-state index in [4.69, 9.17) is 14.7 Å². The molecule has 3 heterocycles. The minimum atomic E-state index is -0.902. The van der Waals surface area contributed by atoms with Crippen LogP contribution in [0.15, 0.2) is 48.5 Å². The lowest BCUT2D eigenvalue weighted by Crippen LogP contribution is -2.75. The highest BCUT2D eigenvalue weighted by Crippen LogP contribution is 2.36. The van der Waals surface area contributed by atoms with Gasteiger partial charge >= 0.3 is 0 Å². The number of hydrogen-bond donors (Lipinski definition) is 2. The maximum Gasteiger partial charge on any atom is 0.248 e. The molecule has 2 N–H and O–H groups in total. The molecule has 3 fully saturated rings. The molecule has 0 aliphatic carbocycles. The van der Waals surface area contributed by atoms with E-state index in [1.807, 2.05) is 24.3 Å². The van der Waals surface area contributed by atoms with Crippen LogP contribution in [0.25, 0.3) is 0 Å². The van der Waals surface area contributed by atoms with Crippen LogP contribution in [0.5, 0.6) is 11.5 Å². The van der Waals surface area contributed by atoms with Crippen LogP contribution in [0.4, 0.5) is 0 Å². The predicted octanol–water partition coefficient (Wildman–Crippen LogP) is 4.02. The van der Waals surface area contributed by atoms with Gasteiger partial charge in [-0.15, -0.1) is 12.4 Å². The number of hydrogen-bond acceptors (Lipinski definition) is 7. The Labute approximate surface area is 254 Å². The average Bonchev–Trinajstić information content (AvgIpc) is 3.01. The molecule has 0 bridgehead atoms. The lowest BCUT2D eigenvalue weighted by Gasteiger charge is -2.52. The molecular formula is C32H41ClN4O5. The Hall–Kier alpha value is -3.16. The van der Waals surface area contributed by atoms with Gasteiger partial charge in [0.15, 0.2) is 0 Å². The van der Waals surface area contributed by atoms with E-state index in [9.17, 15) is 14.7 Å². The first-order chi connectivity index (χ1) is 19.9. The first-order valence-corrected chi connectivity index (χ1v) is 14.8. The largest absolute Gasteiger partial charge is 0.457 e. The predicted molar refractivity (Wildman–Crippen MR) is 160 cm³/mol. The molecule has 2 atom stereocenters. The van der Waals surface area contributed by atoms with Crippen LogP contribution in [0, 0.1) is 17.2 Å². The molecule has 9 nitrogen and oxygen atoms in total. The highest BCUT2D eigenvalue weighted by atomic mass is 35.5. The van der Waals surface area contributed by atoms with Crippen LogP contribution in [-0.4, -0.2) is 77.3 Å². The number of piperidine rings is 1. The van der Waals surface area contributed by atoms with E-state index in [0.717, 1.165) is 30.7 Å². The van der Waals surface area contributed by atoms with Gasteiger partial charge in [0.2, 0.25) is 11.8 Å². The number of nitrogens with zero attached hydrogens (tertiary/aromatic N) is 3. The molecule has 3 aliphatic heterocycles. The fraction of sp³-hybridized carbons (Fsp3) is 0.531. The number of carbonyl (C=O) groups excluding carboxylic acids is 2. The van der Waals surface area contributed by atoms with E-state index in [0.29, 0.717) is 69.8 Å². The SMILES string of the molecule is CCCCN1C(=O)[C@@H]([C@H](O)C2CCOCC2)NC(=O)C12CCN(Cc1ccc(Oc3ccc(C#N)cc3)cc1)CC2.Cl. The van der Waals surface area contributed by atoms with Gasteiger partial charge in [-0.1, -0.05) is 25.5 Å². The van der Waals surface area contributed by atoms with Crippen LogP contribution < -0.4 is 10.1 Å². The van der Waals surface area contributed by atoms with E-state index >= 15 is 0 Å². The summed E-state index contributed by atoms with van der Waals surface area (Å²) < 4.78 is 11.3. The summed E-state index contributed by atoms with van der Waals surface area (Å²) in [5, 5.41) is 23.0. The fourth-order valence-corrected chi connectivity index (χ4v) is 6.27. The molecule has 10 heteroatoms. The Kier molecular flexibility index (Phi) is 10.8. The molecule has 0 saturated carbocycles. The molecule has 0 radical (unpaired) electrons. The summed E-state index contributed by atoms with van der Waals surface area (Å²) in [7, 11) is 0. The average molecular weight is 597 g/mol. The van der Waals surface area contributed by atoms with Crippen LogP contribution >= 0.6 is 12.4 Å². The molecule has 2 aromatic rings. The molecule has 3 saturated heterocycles. The quantitative estimate of drug-likeness (QED) is 0.449. The second-order valence-electron chi connectivity index (χ2n) is 11.4. The highest BCUT2D eigenvalue weighted by molar-refractivity contribution is 6.00. The molecule has 2 aromatic carbocycles. The van der Waals surface area contributed by atoms with Gasteiger partial charge in [0.25, 0.3) is 0 Å². The Bertz CT molecular complexity index is 1240. The van der Waals surface area contributed by atoms with Gasteiger partial charge in [-0.3, -0.25) is 14.5 Å². The number of unbranched alkanes of at least 4 members (excludes halogenated alkanes) is 1. The summed E-state index contributed by atoms with van der Waals surface area (Å²) in [5.41, 5.74) is 0.861. The summed E-state index contributed by atoms with van der Waals surface area (Å²) >= 11 is 0. The van der Waals surface area contributed by atoms with E-state index in [1.165, 1.54) is 0 Å². The molecule has 42 heavy (non-hydrogen) atoms. The smallest absolute Gasteiger partial charge is 0.248 e. The molecule has 226 valence electrons. The fourth-order valence-electron chi connectivity index (χ4n) is 6.27. The van der Waals surface area contributed by atoms with Crippen molar-refractivity contribution in [1.29, 1.82) is 5.26 Å². The molecule has 3 aliphatic rings. The van der Waals surface area contributed by atoms with Gasteiger partial charge < -0.3 is 24.8 Å². The minimum absolute atomic E-state index is 0. The third kappa shape index (κ3) is 6.90. The van der Waals surface area contributed by atoms with E-state index in [-0.39, 0.29) is 30.1 Å². The molecule has 0 aromatic heterocycles. The maximum atomic E-state index is 13.8. The number of benzene rings is 2. The Balaban J connectivity index is 0.00000405. The first-order valence-electron chi connectivity index (χ1n) is 14.8. The van der Waals surface area contributed by atoms with Crippen LogP contribution in [0.3, 0.4) is 0 Å². The van der Waals surface area contributed by atoms with Crippen molar-refractivity contribution in [2.75, 3.05) is 32.8 Å². The van der Waals surface area contributed by atoms with E-state index in [1.54, 1.807) is 29.2 Å². The number of aliphatic hydroxyl groups is 1. The van der Waals surface area contributed by atoms with Crippen LogP contribution in [0.1, 0.15) is 56.6 Å². The number of nitriles is 1. The van der Waals surface area contributed by atoms with Gasteiger partial charge in [0.05, 0.1) is 17.7 Å². The standard InChI is InChI=1S/C32H40N4O5.ClH/c1-2-3-16-36-30(38)28(29(37)25-12-19-40-20-13-25)34-31(39)32(36)14-17-35(18-15-32)22-24-6-10-27(11-7-24)41-26-8-4-23(21-33)5-9-26;/h4-11,25,28-29,37H,2-3,12-20,22H2,1H3,(H,34,39);1H/t28-,29-;/m1./s1. The Morgan fingerprint density at radius 1 is 1.07 bits per heavy atom. The van der Waals surface area contributed by atoms with Gasteiger partial charge in [-0.25, -0.2) is 0 Å². The zero-order chi connectivity index (χ0) is 28.8. The van der Waals surface area contributed by atoms with Crippen molar-refractivity contribution >= 4 is 24.2 Å². The number of halogens is 1. The number of amides is 2. The lowest BCUT2D eigenvalue weighted by atomic mass is 9.79. The highest BCUT2D eigenvalue weighted by Gasteiger charge is 2.55. The number of ether oxygens (including phenoxy) is 2. The van der Waals surface area contributed by atoms with Crippen molar-refractivity contribution in [1.82, 2.24) is 15.1 Å². The molecule has 5 rings (SSSR count). The topological polar surface area (TPSA) is 115 Å². The maximum absolute atomic E-state index is 13.8. The van der Waals surface area contributed by atoms with Crippen LogP contribution in [0.2, 0.25) is 0 Å². The molecule has 2 amide bonds. The zero-order valence-electron chi connectivity index (χ0n) is 24.2. The summed E-state index contributed by atoms with van der Waals surface area (Å²) in [6, 6.07) is 16.2. The third-order valence-corrected chi connectivity index (χ3v) is 8.82.